The molecule has 1 aliphatic carbocycles. The van der Waals surface area contributed by atoms with E-state index in [-0.39, 0.29) is 11.9 Å². The summed E-state index contributed by atoms with van der Waals surface area (Å²) >= 11 is 0. The third-order valence-corrected chi connectivity index (χ3v) is 6.68. The van der Waals surface area contributed by atoms with Crippen molar-refractivity contribution in [3.8, 4) is 0 Å². The average molecular weight is 422 g/mol. The van der Waals surface area contributed by atoms with Gasteiger partial charge in [-0.15, -0.1) is 0 Å². The van der Waals surface area contributed by atoms with E-state index in [0.717, 1.165) is 42.1 Å². The fourth-order valence-corrected chi connectivity index (χ4v) is 4.95. The molecule has 1 fully saturated rings. The van der Waals surface area contributed by atoms with Crippen LogP contribution < -0.4 is 0 Å². The summed E-state index contributed by atoms with van der Waals surface area (Å²) in [6.07, 6.45) is 9.47. The van der Waals surface area contributed by atoms with E-state index in [1.807, 2.05) is 42.6 Å². The molecule has 2 aromatic carbocycles. The molecule has 2 aromatic heterocycles. The van der Waals surface area contributed by atoms with Crippen LogP contribution in [0.1, 0.15) is 53.1 Å². The van der Waals surface area contributed by atoms with E-state index in [1.165, 1.54) is 5.56 Å². The molecule has 2 heterocycles. The Morgan fingerprint density at radius 2 is 1.53 bits per heavy atom. The van der Waals surface area contributed by atoms with E-state index >= 15 is 0 Å². The van der Waals surface area contributed by atoms with Gasteiger partial charge in [0.1, 0.15) is 0 Å². The quantitative estimate of drug-likeness (QED) is 0.397. The number of carbonyl (C=O) groups excluding carboxylic acids is 1. The molecule has 32 heavy (non-hydrogen) atoms. The number of pyridine rings is 2. The van der Waals surface area contributed by atoms with Gasteiger partial charge in [-0.05, 0) is 67.0 Å². The second-order valence-electron chi connectivity index (χ2n) is 8.57. The fourth-order valence-electron chi connectivity index (χ4n) is 4.95. The molecule has 4 aromatic rings. The number of hydrogen-bond acceptors (Lipinski definition) is 3. The zero-order valence-corrected chi connectivity index (χ0v) is 18.1. The van der Waals surface area contributed by atoms with Crippen LogP contribution in [0.3, 0.4) is 0 Å². The lowest BCUT2D eigenvalue weighted by Crippen LogP contribution is -2.41. The molecule has 0 bridgehead atoms. The number of amides is 1. The van der Waals surface area contributed by atoms with Crippen LogP contribution in [0.15, 0.2) is 91.4 Å². The largest absolute Gasteiger partial charge is 0.331 e. The summed E-state index contributed by atoms with van der Waals surface area (Å²) in [5.74, 6) is 0.656. The Morgan fingerprint density at radius 1 is 0.812 bits per heavy atom. The van der Waals surface area contributed by atoms with Gasteiger partial charge in [0.2, 0.25) is 0 Å². The Morgan fingerprint density at radius 3 is 2.31 bits per heavy atom. The van der Waals surface area contributed by atoms with Gasteiger partial charge < -0.3 is 4.90 Å². The number of rotatable bonds is 5. The van der Waals surface area contributed by atoms with Crippen molar-refractivity contribution in [2.45, 2.75) is 44.2 Å². The standard InChI is InChI=1S/C28H27N3O/c32-28(23-14-17-29-18-15-23)31(20-24-16-19-30-27-9-5-4-8-26(24)27)25-12-10-22(11-13-25)21-6-2-1-3-7-21/h1-9,14-19,22,25H,10-13,20H2. The normalized spacial score (nSPS) is 18.4. The van der Waals surface area contributed by atoms with Gasteiger partial charge in [0, 0.05) is 42.1 Å². The van der Waals surface area contributed by atoms with Crippen molar-refractivity contribution in [2.75, 3.05) is 0 Å². The lowest BCUT2D eigenvalue weighted by atomic mass is 9.81. The summed E-state index contributed by atoms with van der Waals surface area (Å²) in [4.78, 5) is 24.3. The van der Waals surface area contributed by atoms with Crippen LogP contribution in [0.5, 0.6) is 0 Å². The van der Waals surface area contributed by atoms with Crippen molar-refractivity contribution in [3.63, 3.8) is 0 Å². The SMILES string of the molecule is O=C(c1ccncc1)N(Cc1ccnc2ccccc12)C1CCC(c2ccccc2)CC1. The van der Waals surface area contributed by atoms with Gasteiger partial charge in [0.15, 0.2) is 0 Å². The maximum atomic E-state index is 13.6. The van der Waals surface area contributed by atoms with E-state index in [0.29, 0.717) is 18.0 Å². The summed E-state index contributed by atoms with van der Waals surface area (Å²) in [5, 5.41) is 1.11. The summed E-state index contributed by atoms with van der Waals surface area (Å²) in [6, 6.07) is 24.8. The lowest BCUT2D eigenvalue weighted by Gasteiger charge is -2.37. The second kappa shape index (κ2) is 9.31. The van der Waals surface area contributed by atoms with Crippen LogP contribution in [0, 0.1) is 0 Å². The molecule has 0 aliphatic heterocycles. The first kappa shape index (κ1) is 20.4. The Bertz CT molecular complexity index is 1180. The van der Waals surface area contributed by atoms with Crippen molar-refractivity contribution in [3.05, 3.63) is 108 Å². The van der Waals surface area contributed by atoms with E-state index in [2.05, 4.69) is 51.3 Å². The van der Waals surface area contributed by atoms with Crippen molar-refractivity contribution in [2.24, 2.45) is 0 Å². The maximum Gasteiger partial charge on any atom is 0.254 e. The number of fused-ring (bicyclic) bond motifs is 1. The smallest absolute Gasteiger partial charge is 0.254 e. The van der Waals surface area contributed by atoms with E-state index in [4.69, 9.17) is 0 Å². The Balaban J connectivity index is 1.42. The molecule has 1 aliphatic rings. The predicted molar refractivity (Wildman–Crippen MR) is 127 cm³/mol. The van der Waals surface area contributed by atoms with E-state index in [1.54, 1.807) is 12.4 Å². The van der Waals surface area contributed by atoms with Crippen LogP contribution in [0.4, 0.5) is 0 Å². The third kappa shape index (κ3) is 4.26. The Hall–Kier alpha value is -3.53. The molecule has 0 radical (unpaired) electrons. The molecule has 0 N–H and O–H groups in total. The Labute approximate surface area is 189 Å². The average Bonchev–Trinajstić information content (AvgIpc) is 2.88. The van der Waals surface area contributed by atoms with Crippen LogP contribution >= 0.6 is 0 Å². The molecular formula is C28H27N3O. The van der Waals surface area contributed by atoms with Crippen LogP contribution in [0.25, 0.3) is 10.9 Å². The first-order valence-corrected chi connectivity index (χ1v) is 11.4. The van der Waals surface area contributed by atoms with Crippen molar-refractivity contribution >= 4 is 16.8 Å². The van der Waals surface area contributed by atoms with Gasteiger partial charge in [0.05, 0.1) is 5.52 Å². The van der Waals surface area contributed by atoms with Gasteiger partial charge >= 0.3 is 0 Å². The van der Waals surface area contributed by atoms with Gasteiger partial charge in [0.25, 0.3) is 5.91 Å². The number of aromatic nitrogens is 2. The number of carbonyl (C=O) groups is 1. The number of benzene rings is 2. The fraction of sp³-hybridized carbons (Fsp3) is 0.250. The van der Waals surface area contributed by atoms with Gasteiger partial charge in [-0.2, -0.15) is 0 Å². The zero-order chi connectivity index (χ0) is 21.8. The molecule has 160 valence electrons. The van der Waals surface area contributed by atoms with Crippen LogP contribution in [0.2, 0.25) is 0 Å². The first-order chi connectivity index (χ1) is 15.8. The molecule has 4 nitrogen and oxygen atoms in total. The molecular weight excluding hydrogens is 394 g/mol. The number of nitrogens with zero attached hydrogens (tertiary/aromatic N) is 3. The summed E-state index contributed by atoms with van der Waals surface area (Å²) < 4.78 is 0. The van der Waals surface area contributed by atoms with Gasteiger partial charge in [-0.3, -0.25) is 14.8 Å². The minimum absolute atomic E-state index is 0.0801. The minimum Gasteiger partial charge on any atom is -0.331 e. The predicted octanol–water partition coefficient (Wildman–Crippen LogP) is 6.00. The van der Waals surface area contributed by atoms with Crippen molar-refractivity contribution in [1.82, 2.24) is 14.9 Å². The highest BCUT2D eigenvalue weighted by atomic mass is 16.2. The van der Waals surface area contributed by atoms with Crippen molar-refractivity contribution in [1.29, 1.82) is 0 Å². The van der Waals surface area contributed by atoms with Crippen molar-refractivity contribution < 1.29 is 4.79 Å². The highest BCUT2D eigenvalue weighted by Crippen LogP contribution is 2.36. The zero-order valence-electron chi connectivity index (χ0n) is 18.1. The molecule has 0 spiro atoms. The first-order valence-electron chi connectivity index (χ1n) is 11.4. The van der Waals surface area contributed by atoms with E-state index < -0.39 is 0 Å². The number of para-hydroxylation sites is 1. The van der Waals surface area contributed by atoms with E-state index in [9.17, 15) is 4.79 Å². The molecule has 0 unspecified atom stereocenters. The summed E-state index contributed by atoms with van der Waals surface area (Å²) in [7, 11) is 0. The Kier molecular flexibility index (Phi) is 5.93. The lowest BCUT2D eigenvalue weighted by molar-refractivity contribution is 0.0606. The molecule has 5 rings (SSSR count). The second-order valence-corrected chi connectivity index (χ2v) is 8.57. The molecule has 0 saturated heterocycles. The number of hydrogen-bond donors (Lipinski definition) is 0. The minimum atomic E-state index is 0.0801. The van der Waals surface area contributed by atoms with Crippen LogP contribution in [-0.2, 0) is 6.54 Å². The topological polar surface area (TPSA) is 46.1 Å². The molecule has 1 amide bonds. The molecule has 4 heteroatoms. The summed E-state index contributed by atoms with van der Waals surface area (Å²) in [6.45, 7) is 0.588. The molecule has 1 saturated carbocycles. The van der Waals surface area contributed by atoms with Gasteiger partial charge in [-0.1, -0.05) is 48.5 Å². The monoisotopic (exact) mass is 421 g/mol. The van der Waals surface area contributed by atoms with Crippen LogP contribution in [-0.4, -0.2) is 26.8 Å². The maximum absolute atomic E-state index is 13.6. The summed E-state index contributed by atoms with van der Waals surface area (Å²) in [5.41, 5.74) is 4.22. The molecule has 0 atom stereocenters. The third-order valence-electron chi connectivity index (χ3n) is 6.68. The van der Waals surface area contributed by atoms with Gasteiger partial charge in [-0.25, -0.2) is 0 Å². The highest BCUT2D eigenvalue weighted by Gasteiger charge is 2.30. The highest BCUT2D eigenvalue weighted by molar-refractivity contribution is 5.94.